The molecule has 1 amide bonds. The van der Waals surface area contributed by atoms with Gasteiger partial charge in [0.15, 0.2) is 0 Å². The lowest BCUT2D eigenvalue weighted by molar-refractivity contribution is -0.132. The lowest BCUT2D eigenvalue weighted by Crippen LogP contribution is -2.41. The summed E-state index contributed by atoms with van der Waals surface area (Å²) in [5.41, 5.74) is 0.223. The first-order valence-corrected chi connectivity index (χ1v) is 7.39. The normalized spacial score (nSPS) is 30.1. The molecule has 2 aliphatic heterocycles. The van der Waals surface area contributed by atoms with Gasteiger partial charge in [-0.25, -0.2) is 0 Å². The molecule has 2 heterocycles. The minimum absolute atomic E-state index is 0.223. The van der Waals surface area contributed by atoms with Gasteiger partial charge in [0, 0.05) is 25.6 Å². The molecule has 0 bridgehead atoms. The van der Waals surface area contributed by atoms with Crippen LogP contribution in [0.1, 0.15) is 47.0 Å². The molecule has 1 N–H and O–H groups in total. The Kier molecular flexibility index (Phi) is 4.00. The molecule has 0 saturated carbocycles. The van der Waals surface area contributed by atoms with E-state index in [-0.39, 0.29) is 5.41 Å². The van der Waals surface area contributed by atoms with Crippen LogP contribution < -0.4 is 5.32 Å². The summed E-state index contributed by atoms with van der Waals surface area (Å²) in [6.45, 7) is 11.9. The molecule has 3 heteroatoms. The number of fused-ring (bicyclic) bond motifs is 1. The predicted octanol–water partition coefficient (Wildman–Crippen LogP) is 2.27. The van der Waals surface area contributed by atoms with Crippen molar-refractivity contribution >= 4 is 5.91 Å². The molecule has 2 fully saturated rings. The quantitative estimate of drug-likeness (QED) is 0.817. The zero-order valence-corrected chi connectivity index (χ0v) is 12.3. The van der Waals surface area contributed by atoms with E-state index in [1.165, 1.54) is 12.8 Å². The van der Waals surface area contributed by atoms with Crippen molar-refractivity contribution in [3.63, 3.8) is 0 Å². The number of nitrogens with zero attached hydrogens (tertiary/aromatic N) is 1. The van der Waals surface area contributed by atoms with Crippen LogP contribution in [0.15, 0.2) is 0 Å². The molecular formula is C15H28N2O. The molecule has 2 aliphatic rings. The molecule has 2 saturated heterocycles. The van der Waals surface area contributed by atoms with E-state index in [2.05, 4.69) is 37.9 Å². The molecule has 0 aliphatic carbocycles. The van der Waals surface area contributed by atoms with Crippen LogP contribution in [0.4, 0.5) is 0 Å². The number of hydrogen-bond acceptors (Lipinski definition) is 2. The molecule has 104 valence electrons. The number of rotatable bonds is 2. The van der Waals surface area contributed by atoms with Gasteiger partial charge in [-0.05, 0) is 36.6 Å². The SMILES string of the molecule is CC(CC(=O)N1C[C@@H]2CCCN[C@@H]2C1)C(C)(C)C. The van der Waals surface area contributed by atoms with Gasteiger partial charge in [0.25, 0.3) is 0 Å². The largest absolute Gasteiger partial charge is 0.341 e. The number of likely N-dealkylation sites (tertiary alicyclic amines) is 1. The van der Waals surface area contributed by atoms with Gasteiger partial charge < -0.3 is 10.2 Å². The summed E-state index contributed by atoms with van der Waals surface area (Å²) >= 11 is 0. The third kappa shape index (κ3) is 3.05. The van der Waals surface area contributed by atoms with Crippen molar-refractivity contribution in [2.45, 2.75) is 53.0 Å². The van der Waals surface area contributed by atoms with E-state index in [0.29, 0.717) is 30.2 Å². The van der Waals surface area contributed by atoms with Crippen LogP contribution in [0.5, 0.6) is 0 Å². The van der Waals surface area contributed by atoms with Gasteiger partial charge in [-0.1, -0.05) is 27.7 Å². The molecular weight excluding hydrogens is 224 g/mol. The molecule has 0 radical (unpaired) electrons. The van der Waals surface area contributed by atoms with E-state index in [0.717, 1.165) is 19.6 Å². The maximum Gasteiger partial charge on any atom is 0.222 e. The van der Waals surface area contributed by atoms with Crippen LogP contribution in [-0.4, -0.2) is 36.5 Å². The van der Waals surface area contributed by atoms with Crippen molar-refractivity contribution in [1.82, 2.24) is 10.2 Å². The molecule has 0 aromatic heterocycles. The van der Waals surface area contributed by atoms with Crippen molar-refractivity contribution in [1.29, 1.82) is 0 Å². The maximum atomic E-state index is 12.3. The van der Waals surface area contributed by atoms with E-state index in [1.54, 1.807) is 0 Å². The van der Waals surface area contributed by atoms with E-state index in [1.807, 2.05) is 0 Å². The Morgan fingerprint density at radius 2 is 2.11 bits per heavy atom. The summed E-state index contributed by atoms with van der Waals surface area (Å²) in [5, 5.41) is 3.56. The van der Waals surface area contributed by atoms with Crippen molar-refractivity contribution in [2.24, 2.45) is 17.3 Å². The summed E-state index contributed by atoms with van der Waals surface area (Å²) in [4.78, 5) is 14.4. The molecule has 3 atom stereocenters. The highest BCUT2D eigenvalue weighted by atomic mass is 16.2. The molecule has 0 aromatic carbocycles. The van der Waals surface area contributed by atoms with Gasteiger partial charge in [-0.15, -0.1) is 0 Å². The van der Waals surface area contributed by atoms with E-state index in [9.17, 15) is 4.79 Å². The van der Waals surface area contributed by atoms with Gasteiger partial charge in [0.2, 0.25) is 5.91 Å². The van der Waals surface area contributed by atoms with Gasteiger partial charge in [0.05, 0.1) is 0 Å². The van der Waals surface area contributed by atoms with Crippen molar-refractivity contribution in [2.75, 3.05) is 19.6 Å². The Morgan fingerprint density at radius 3 is 2.72 bits per heavy atom. The summed E-state index contributed by atoms with van der Waals surface area (Å²) in [6, 6.07) is 0.563. The highest BCUT2D eigenvalue weighted by molar-refractivity contribution is 5.77. The molecule has 3 nitrogen and oxygen atoms in total. The highest BCUT2D eigenvalue weighted by Crippen LogP contribution is 2.30. The average Bonchev–Trinajstić information content (AvgIpc) is 2.71. The topological polar surface area (TPSA) is 32.3 Å². The van der Waals surface area contributed by atoms with E-state index < -0.39 is 0 Å². The van der Waals surface area contributed by atoms with Crippen molar-refractivity contribution in [3.8, 4) is 0 Å². The number of carbonyl (C=O) groups is 1. The Bertz CT molecular complexity index is 294. The molecule has 0 aromatic rings. The second-order valence-electron chi connectivity index (χ2n) is 7.23. The summed E-state index contributed by atoms with van der Waals surface area (Å²) in [5.74, 6) is 1.50. The minimum Gasteiger partial charge on any atom is -0.341 e. The standard InChI is InChI=1S/C15H28N2O/c1-11(15(2,3)4)8-14(18)17-9-12-6-5-7-16-13(12)10-17/h11-13,16H,5-10H2,1-4H3/t11?,12-,13+/m0/s1. The molecule has 1 unspecified atom stereocenters. The van der Waals surface area contributed by atoms with Crippen LogP contribution in [0.2, 0.25) is 0 Å². The van der Waals surface area contributed by atoms with Crippen LogP contribution in [0.25, 0.3) is 0 Å². The monoisotopic (exact) mass is 252 g/mol. The number of hydrogen-bond donors (Lipinski definition) is 1. The summed E-state index contributed by atoms with van der Waals surface area (Å²) < 4.78 is 0. The molecule has 0 spiro atoms. The summed E-state index contributed by atoms with van der Waals surface area (Å²) in [6.07, 6.45) is 3.25. The fourth-order valence-electron chi connectivity index (χ4n) is 2.95. The zero-order valence-electron chi connectivity index (χ0n) is 12.3. The molecule has 2 rings (SSSR count). The highest BCUT2D eigenvalue weighted by Gasteiger charge is 2.37. The number of nitrogens with one attached hydrogen (secondary N) is 1. The second kappa shape index (κ2) is 5.20. The van der Waals surface area contributed by atoms with Crippen LogP contribution in [-0.2, 0) is 4.79 Å². The third-order valence-corrected chi connectivity index (χ3v) is 4.91. The number of piperidine rings is 1. The average molecular weight is 252 g/mol. The lowest BCUT2D eigenvalue weighted by Gasteiger charge is -2.28. The molecule has 18 heavy (non-hydrogen) atoms. The van der Waals surface area contributed by atoms with Gasteiger partial charge in [0.1, 0.15) is 0 Å². The van der Waals surface area contributed by atoms with Gasteiger partial charge in [-0.2, -0.15) is 0 Å². The Balaban J connectivity index is 1.87. The summed E-state index contributed by atoms with van der Waals surface area (Å²) in [7, 11) is 0. The maximum absolute atomic E-state index is 12.3. The fourth-order valence-corrected chi connectivity index (χ4v) is 2.95. The number of amides is 1. The Labute approximate surface area is 111 Å². The van der Waals surface area contributed by atoms with E-state index >= 15 is 0 Å². The van der Waals surface area contributed by atoms with Crippen LogP contribution in [0, 0.1) is 17.3 Å². The third-order valence-electron chi connectivity index (χ3n) is 4.91. The van der Waals surface area contributed by atoms with Crippen LogP contribution >= 0.6 is 0 Å². The van der Waals surface area contributed by atoms with Crippen LogP contribution in [0.3, 0.4) is 0 Å². The predicted molar refractivity (Wildman–Crippen MR) is 74.3 cm³/mol. The van der Waals surface area contributed by atoms with Crippen molar-refractivity contribution < 1.29 is 4.79 Å². The lowest BCUT2D eigenvalue weighted by atomic mass is 9.80. The second-order valence-corrected chi connectivity index (χ2v) is 7.23. The number of carbonyl (C=O) groups excluding carboxylic acids is 1. The Morgan fingerprint density at radius 1 is 1.39 bits per heavy atom. The van der Waals surface area contributed by atoms with E-state index in [4.69, 9.17) is 0 Å². The first-order chi connectivity index (χ1) is 8.38. The minimum atomic E-state index is 0.223. The first kappa shape index (κ1) is 13.9. The van der Waals surface area contributed by atoms with Gasteiger partial charge in [-0.3, -0.25) is 4.79 Å². The Hall–Kier alpha value is -0.570. The smallest absolute Gasteiger partial charge is 0.222 e. The fraction of sp³-hybridized carbons (Fsp3) is 0.933. The first-order valence-electron chi connectivity index (χ1n) is 7.39. The zero-order chi connectivity index (χ0) is 13.3. The van der Waals surface area contributed by atoms with Crippen molar-refractivity contribution in [3.05, 3.63) is 0 Å². The van der Waals surface area contributed by atoms with Gasteiger partial charge >= 0.3 is 0 Å².